The first-order valence-electron chi connectivity index (χ1n) is 6.11. The third kappa shape index (κ3) is 2.65. The van der Waals surface area contributed by atoms with Crippen LogP contribution in [-0.4, -0.2) is 14.6 Å². The van der Waals surface area contributed by atoms with Crippen molar-refractivity contribution in [3.05, 3.63) is 59.4 Å². The summed E-state index contributed by atoms with van der Waals surface area (Å²) in [5, 5.41) is 7.37. The number of benzene rings is 1. The third-order valence-corrected chi connectivity index (χ3v) is 4.64. The highest BCUT2D eigenvalue weighted by molar-refractivity contribution is 8.05. The number of thioether (sulfide) groups is 1. The summed E-state index contributed by atoms with van der Waals surface area (Å²) < 4.78 is 1.87. The first-order chi connectivity index (χ1) is 9.24. The second kappa shape index (κ2) is 5.31. The van der Waals surface area contributed by atoms with Crippen molar-refractivity contribution in [2.24, 2.45) is 0 Å². The van der Waals surface area contributed by atoms with Crippen LogP contribution in [0.15, 0.2) is 53.8 Å². The van der Waals surface area contributed by atoms with Gasteiger partial charge in [0.15, 0.2) is 4.83 Å². The first-order valence-corrected chi connectivity index (χ1v) is 7.42. The summed E-state index contributed by atoms with van der Waals surface area (Å²) in [5.41, 5.74) is 2.34. The standard InChI is InChI=1S/C14H14ClN3S/c1-10(13-9-16-14(15)19-13)11-4-2-5-12(8-11)18-7-3-6-17-18/h2-10,14,16H,1H3. The largest absolute Gasteiger partial charge is 0.366 e. The predicted molar refractivity (Wildman–Crippen MR) is 80.4 cm³/mol. The van der Waals surface area contributed by atoms with E-state index < -0.39 is 0 Å². The lowest BCUT2D eigenvalue weighted by atomic mass is 10.0. The molecule has 2 aromatic rings. The van der Waals surface area contributed by atoms with Crippen LogP contribution >= 0.6 is 23.4 Å². The molecule has 0 saturated heterocycles. The van der Waals surface area contributed by atoms with Crippen LogP contribution in [0.1, 0.15) is 18.4 Å². The summed E-state index contributed by atoms with van der Waals surface area (Å²) in [6.07, 6.45) is 5.74. The highest BCUT2D eigenvalue weighted by Gasteiger charge is 2.20. The van der Waals surface area contributed by atoms with Gasteiger partial charge < -0.3 is 5.32 Å². The number of rotatable bonds is 3. The van der Waals surface area contributed by atoms with Crippen LogP contribution < -0.4 is 5.32 Å². The van der Waals surface area contributed by atoms with Crippen molar-refractivity contribution in [3.63, 3.8) is 0 Å². The molecule has 3 nitrogen and oxygen atoms in total. The van der Waals surface area contributed by atoms with Crippen molar-refractivity contribution in [2.45, 2.75) is 17.7 Å². The quantitative estimate of drug-likeness (QED) is 0.691. The number of nitrogens with zero attached hydrogens (tertiary/aromatic N) is 2. The van der Waals surface area contributed by atoms with E-state index in [2.05, 4.69) is 41.6 Å². The normalized spacial score (nSPS) is 19.9. The number of hydrogen-bond acceptors (Lipinski definition) is 3. The van der Waals surface area contributed by atoms with E-state index in [1.807, 2.05) is 23.1 Å². The van der Waals surface area contributed by atoms with Gasteiger partial charge in [0.2, 0.25) is 0 Å². The molecule has 1 aliphatic rings. The van der Waals surface area contributed by atoms with Crippen molar-refractivity contribution < 1.29 is 0 Å². The van der Waals surface area contributed by atoms with E-state index in [1.165, 1.54) is 10.5 Å². The monoisotopic (exact) mass is 291 g/mol. The number of nitrogens with one attached hydrogen (secondary N) is 1. The van der Waals surface area contributed by atoms with E-state index >= 15 is 0 Å². The Hall–Kier alpha value is -1.39. The van der Waals surface area contributed by atoms with Crippen LogP contribution in [0.4, 0.5) is 0 Å². The maximum absolute atomic E-state index is 6.04. The molecule has 1 aromatic heterocycles. The second-order valence-electron chi connectivity index (χ2n) is 4.41. The van der Waals surface area contributed by atoms with E-state index in [9.17, 15) is 0 Å². The van der Waals surface area contributed by atoms with Gasteiger partial charge in [-0.25, -0.2) is 4.68 Å². The summed E-state index contributed by atoms with van der Waals surface area (Å²) in [4.78, 5) is 1.21. The minimum atomic E-state index is -0.0493. The van der Waals surface area contributed by atoms with Gasteiger partial charge in [-0.15, -0.1) is 0 Å². The highest BCUT2D eigenvalue weighted by atomic mass is 35.5. The highest BCUT2D eigenvalue weighted by Crippen LogP contribution is 2.38. The number of hydrogen-bond donors (Lipinski definition) is 1. The molecule has 0 fully saturated rings. The van der Waals surface area contributed by atoms with Gasteiger partial charge >= 0.3 is 0 Å². The Balaban J connectivity index is 1.87. The lowest BCUT2D eigenvalue weighted by Crippen LogP contribution is -2.06. The molecule has 2 atom stereocenters. The average molecular weight is 292 g/mol. The average Bonchev–Trinajstić information content (AvgIpc) is 3.09. The zero-order valence-electron chi connectivity index (χ0n) is 10.5. The number of aromatic nitrogens is 2. The Kier molecular flexibility index (Phi) is 3.53. The Bertz CT molecular complexity index is 594. The van der Waals surface area contributed by atoms with Crippen molar-refractivity contribution in [1.82, 2.24) is 15.1 Å². The zero-order chi connectivity index (χ0) is 13.2. The van der Waals surface area contributed by atoms with Gasteiger partial charge in [0.25, 0.3) is 0 Å². The first kappa shape index (κ1) is 12.6. The van der Waals surface area contributed by atoms with Gasteiger partial charge in [0.1, 0.15) is 0 Å². The van der Waals surface area contributed by atoms with Gasteiger partial charge in [-0.2, -0.15) is 5.10 Å². The Morgan fingerprint density at radius 3 is 3.00 bits per heavy atom. The van der Waals surface area contributed by atoms with Gasteiger partial charge in [0, 0.05) is 29.4 Å². The number of alkyl halides is 1. The van der Waals surface area contributed by atoms with Gasteiger partial charge in [-0.05, 0) is 23.8 Å². The lowest BCUT2D eigenvalue weighted by Gasteiger charge is -2.14. The SMILES string of the molecule is CC(C1=CNC(Cl)S1)c1cccc(-n2cccn2)c1. The topological polar surface area (TPSA) is 29.9 Å². The van der Waals surface area contributed by atoms with Crippen molar-refractivity contribution >= 4 is 23.4 Å². The Labute approximate surface area is 121 Å². The molecule has 3 rings (SSSR count). The third-order valence-electron chi connectivity index (χ3n) is 3.16. The van der Waals surface area contributed by atoms with E-state index in [0.717, 1.165) is 5.69 Å². The molecule has 0 amide bonds. The summed E-state index contributed by atoms with van der Waals surface area (Å²) in [5.74, 6) is 0.330. The molecule has 5 heteroatoms. The van der Waals surface area contributed by atoms with Crippen LogP contribution in [0.25, 0.3) is 5.69 Å². The van der Waals surface area contributed by atoms with Crippen molar-refractivity contribution in [2.75, 3.05) is 0 Å². The summed E-state index contributed by atoms with van der Waals surface area (Å²) in [6.45, 7) is 2.19. The molecule has 2 heterocycles. The molecule has 1 N–H and O–H groups in total. The molecule has 98 valence electrons. The van der Waals surface area contributed by atoms with E-state index in [4.69, 9.17) is 11.6 Å². The smallest absolute Gasteiger partial charge is 0.152 e. The lowest BCUT2D eigenvalue weighted by molar-refractivity contribution is 0.869. The van der Waals surface area contributed by atoms with Crippen LogP contribution in [-0.2, 0) is 0 Å². The van der Waals surface area contributed by atoms with Crippen molar-refractivity contribution in [1.29, 1.82) is 0 Å². The van der Waals surface area contributed by atoms with Crippen LogP contribution in [0.2, 0.25) is 0 Å². The minimum Gasteiger partial charge on any atom is -0.366 e. The van der Waals surface area contributed by atoms with Crippen LogP contribution in [0.3, 0.4) is 0 Å². The molecular weight excluding hydrogens is 278 g/mol. The number of allylic oxidation sites excluding steroid dienone is 1. The summed E-state index contributed by atoms with van der Waals surface area (Å²) >= 11 is 7.70. The van der Waals surface area contributed by atoms with Gasteiger partial charge in [0.05, 0.1) is 5.69 Å². The molecule has 0 bridgehead atoms. The molecule has 0 aliphatic carbocycles. The van der Waals surface area contributed by atoms with Gasteiger partial charge in [-0.1, -0.05) is 42.4 Å². The molecule has 19 heavy (non-hydrogen) atoms. The number of halogens is 1. The minimum absolute atomic E-state index is 0.0493. The molecule has 2 unspecified atom stereocenters. The Morgan fingerprint density at radius 1 is 1.42 bits per heavy atom. The predicted octanol–water partition coefficient (Wildman–Crippen LogP) is 3.68. The summed E-state index contributed by atoms with van der Waals surface area (Å²) in [6, 6.07) is 10.4. The molecule has 0 spiro atoms. The van der Waals surface area contributed by atoms with E-state index in [0.29, 0.717) is 5.92 Å². The maximum atomic E-state index is 6.04. The maximum Gasteiger partial charge on any atom is 0.152 e. The fourth-order valence-corrected chi connectivity index (χ4v) is 3.31. The molecule has 0 radical (unpaired) electrons. The van der Waals surface area contributed by atoms with Crippen LogP contribution in [0.5, 0.6) is 0 Å². The molecule has 1 aromatic carbocycles. The van der Waals surface area contributed by atoms with E-state index in [1.54, 1.807) is 18.0 Å². The molecule has 0 saturated carbocycles. The molecule has 1 aliphatic heterocycles. The zero-order valence-corrected chi connectivity index (χ0v) is 12.0. The van der Waals surface area contributed by atoms with Crippen molar-refractivity contribution in [3.8, 4) is 5.69 Å². The fraction of sp³-hybridized carbons (Fsp3) is 0.214. The van der Waals surface area contributed by atoms with Gasteiger partial charge in [-0.3, -0.25) is 0 Å². The molecular formula is C14H14ClN3S. The van der Waals surface area contributed by atoms with E-state index in [-0.39, 0.29) is 4.83 Å². The Morgan fingerprint density at radius 2 is 2.32 bits per heavy atom. The second-order valence-corrected chi connectivity index (χ2v) is 6.29. The van der Waals surface area contributed by atoms with Crippen LogP contribution in [0, 0.1) is 0 Å². The summed E-state index contributed by atoms with van der Waals surface area (Å²) in [7, 11) is 0. The fourth-order valence-electron chi connectivity index (χ4n) is 2.08.